The van der Waals surface area contributed by atoms with Crippen molar-refractivity contribution >= 4 is 17.1 Å². The molecular weight excluding hydrogens is 380 g/mol. The largest absolute Gasteiger partial charge is 0.511 e. The van der Waals surface area contributed by atoms with Crippen LogP contribution >= 0.6 is 0 Å². The maximum atomic E-state index is 10.8. The Kier molecular flexibility index (Phi) is 6.23. The Morgan fingerprint density at radius 2 is 1.97 bits per heavy atom. The van der Waals surface area contributed by atoms with Gasteiger partial charge >= 0.3 is 6.16 Å². The normalized spacial score (nSPS) is 15.5. The van der Waals surface area contributed by atoms with Gasteiger partial charge in [0, 0.05) is 17.1 Å². The van der Waals surface area contributed by atoms with E-state index in [9.17, 15) is 9.90 Å². The Morgan fingerprint density at radius 1 is 1.13 bits per heavy atom. The minimum absolute atomic E-state index is 0.352. The second-order valence-electron chi connectivity index (χ2n) is 8.06. The highest BCUT2D eigenvalue weighted by molar-refractivity contribution is 5.85. The molecule has 30 heavy (non-hydrogen) atoms. The first-order chi connectivity index (χ1) is 14.6. The summed E-state index contributed by atoms with van der Waals surface area (Å²) < 4.78 is 4.78. The Morgan fingerprint density at radius 3 is 2.73 bits per heavy atom. The van der Waals surface area contributed by atoms with Crippen molar-refractivity contribution in [3.05, 3.63) is 59.8 Å². The van der Waals surface area contributed by atoms with Crippen LogP contribution in [-0.4, -0.2) is 45.9 Å². The lowest BCUT2D eigenvalue weighted by molar-refractivity contribution is 0.144. The first-order valence-electron chi connectivity index (χ1n) is 10.6. The zero-order valence-corrected chi connectivity index (χ0v) is 17.0. The molecule has 0 spiro atoms. The van der Waals surface area contributed by atoms with Gasteiger partial charge in [0.25, 0.3) is 0 Å². The minimum atomic E-state index is -1.29. The van der Waals surface area contributed by atoms with Gasteiger partial charge in [0.05, 0.1) is 0 Å². The molecule has 3 N–H and O–H groups in total. The van der Waals surface area contributed by atoms with Crippen LogP contribution in [0.5, 0.6) is 11.5 Å². The summed E-state index contributed by atoms with van der Waals surface area (Å²) in [7, 11) is 0. The molecule has 3 aromatic rings. The molecule has 2 aromatic carbocycles. The SMILES string of the molecule is O=C(O)Oc1ccc2[nH]cc(CCCCN3CCC(c4cccc(O)c4)CC3)c2c1. The smallest absolute Gasteiger partial charge is 0.508 e. The quantitative estimate of drug-likeness (QED) is 0.287. The monoisotopic (exact) mass is 408 g/mol. The summed E-state index contributed by atoms with van der Waals surface area (Å²) in [6.45, 7) is 3.30. The van der Waals surface area contributed by atoms with Crippen LogP contribution in [0.4, 0.5) is 4.79 Å². The van der Waals surface area contributed by atoms with Gasteiger partial charge in [-0.25, -0.2) is 4.79 Å². The van der Waals surface area contributed by atoms with Crippen LogP contribution in [0.3, 0.4) is 0 Å². The number of phenols is 1. The number of aromatic amines is 1. The van der Waals surface area contributed by atoms with Crippen molar-refractivity contribution in [1.29, 1.82) is 0 Å². The van der Waals surface area contributed by atoms with E-state index in [2.05, 4.69) is 16.0 Å². The van der Waals surface area contributed by atoms with Gasteiger partial charge in [-0.05, 0) is 99.1 Å². The van der Waals surface area contributed by atoms with Crippen LogP contribution in [-0.2, 0) is 6.42 Å². The van der Waals surface area contributed by atoms with Crippen molar-refractivity contribution in [2.24, 2.45) is 0 Å². The summed E-state index contributed by atoms with van der Waals surface area (Å²) >= 11 is 0. The molecule has 2 heterocycles. The van der Waals surface area contributed by atoms with Gasteiger partial charge in [0.1, 0.15) is 11.5 Å². The number of aromatic nitrogens is 1. The number of unbranched alkanes of at least 4 members (excludes halogenated alkanes) is 1. The van der Waals surface area contributed by atoms with E-state index in [0.717, 1.165) is 62.6 Å². The van der Waals surface area contributed by atoms with Gasteiger partial charge in [0.2, 0.25) is 0 Å². The Balaban J connectivity index is 1.23. The topological polar surface area (TPSA) is 85.8 Å². The van der Waals surface area contributed by atoms with E-state index < -0.39 is 6.16 Å². The van der Waals surface area contributed by atoms with E-state index in [4.69, 9.17) is 9.84 Å². The van der Waals surface area contributed by atoms with Crippen molar-refractivity contribution in [2.45, 2.75) is 38.0 Å². The third kappa shape index (κ3) is 4.94. The van der Waals surface area contributed by atoms with E-state index in [1.54, 1.807) is 18.2 Å². The molecule has 1 fully saturated rings. The number of nitrogens with zero attached hydrogens (tertiary/aromatic N) is 1. The summed E-state index contributed by atoms with van der Waals surface area (Å²) in [5.41, 5.74) is 3.44. The molecule has 0 saturated carbocycles. The summed E-state index contributed by atoms with van der Waals surface area (Å²) in [5.74, 6) is 1.25. The van der Waals surface area contributed by atoms with Crippen LogP contribution in [0, 0.1) is 0 Å². The number of carbonyl (C=O) groups is 1. The first-order valence-corrected chi connectivity index (χ1v) is 10.6. The zero-order valence-electron chi connectivity index (χ0n) is 17.0. The van der Waals surface area contributed by atoms with Crippen molar-refractivity contribution in [1.82, 2.24) is 9.88 Å². The average molecular weight is 408 g/mol. The number of likely N-dealkylation sites (tertiary alicyclic amines) is 1. The van der Waals surface area contributed by atoms with Crippen molar-refractivity contribution in [2.75, 3.05) is 19.6 Å². The molecule has 0 unspecified atom stereocenters. The molecule has 0 atom stereocenters. The van der Waals surface area contributed by atoms with Crippen LogP contribution in [0.1, 0.15) is 42.7 Å². The van der Waals surface area contributed by atoms with E-state index >= 15 is 0 Å². The van der Waals surface area contributed by atoms with Gasteiger partial charge in [0.15, 0.2) is 0 Å². The predicted molar refractivity (Wildman–Crippen MR) is 116 cm³/mol. The summed E-state index contributed by atoms with van der Waals surface area (Å²) in [5, 5.41) is 19.5. The van der Waals surface area contributed by atoms with Crippen LogP contribution in [0.25, 0.3) is 10.9 Å². The number of rotatable bonds is 7. The van der Waals surface area contributed by atoms with Crippen molar-refractivity contribution < 1.29 is 19.7 Å². The third-order valence-corrected chi connectivity index (χ3v) is 6.04. The number of fused-ring (bicyclic) bond motifs is 1. The van der Waals surface area contributed by atoms with E-state index in [1.165, 1.54) is 11.1 Å². The molecule has 0 aliphatic carbocycles. The molecule has 0 bridgehead atoms. The van der Waals surface area contributed by atoms with Gasteiger partial charge in [-0.2, -0.15) is 0 Å². The lowest BCUT2D eigenvalue weighted by Gasteiger charge is -2.32. The molecule has 1 saturated heterocycles. The molecule has 1 aliphatic heterocycles. The summed E-state index contributed by atoms with van der Waals surface area (Å²) in [6, 6.07) is 13.0. The highest BCUT2D eigenvalue weighted by Gasteiger charge is 2.20. The van der Waals surface area contributed by atoms with Gasteiger partial charge < -0.3 is 24.8 Å². The molecule has 0 radical (unpaired) electrons. The predicted octanol–water partition coefficient (Wildman–Crippen LogP) is 5.13. The standard InChI is InChI=1S/C24H28N2O4/c27-20-6-3-5-18(14-20)17-9-12-26(13-10-17)11-2-1-4-19-16-25-23-8-7-21(15-22(19)23)30-24(28)29/h3,5-8,14-17,25,27H,1-2,4,9-13H2,(H,28,29). The van der Waals surface area contributed by atoms with Crippen molar-refractivity contribution in [3.63, 3.8) is 0 Å². The molecule has 6 nitrogen and oxygen atoms in total. The second kappa shape index (κ2) is 9.22. The molecule has 158 valence electrons. The highest BCUT2D eigenvalue weighted by atomic mass is 16.7. The number of hydrogen-bond acceptors (Lipinski definition) is 4. The van der Waals surface area contributed by atoms with Gasteiger partial charge in [-0.15, -0.1) is 0 Å². The van der Waals surface area contributed by atoms with Crippen LogP contribution in [0.15, 0.2) is 48.7 Å². The molecule has 6 heteroatoms. The Hall–Kier alpha value is -2.99. The van der Waals surface area contributed by atoms with Crippen molar-refractivity contribution in [3.8, 4) is 11.5 Å². The Bertz CT molecular complexity index is 1010. The number of aromatic hydroxyl groups is 1. The van der Waals surface area contributed by atoms with E-state index in [1.807, 2.05) is 24.4 Å². The molecule has 1 aliphatic rings. The number of carboxylic acid groups (broad SMARTS) is 1. The number of ether oxygens (including phenoxy) is 1. The molecular formula is C24H28N2O4. The number of benzene rings is 2. The van der Waals surface area contributed by atoms with Gasteiger partial charge in [-0.3, -0.25) is 0 Å². The Labute approximate surface area is 176 Å². The zero-order chi connectivity index (χ0) is 20.9. The first kappa shape index (κ1) is 20.3. The minimum Gasteiger partial charge on any atom is -0.508 e. The molecule has 4 rings (SSSR count). The van der Waals surface area contributed by atoms with E-state index in [0.29, 0.717) is 17.4 Å². The fourth-order valence-corrected chi connectivity index (χ4v) is 4.45. The molecule has 1 aromatic heterocycles. The molecule has 0 amide bonds. The van der Waals surface area contributed by atoms with Gasteiger partial charge in [-0.1, -0.05) is 12.1 Å². The maximum Gasteiger partial charge on any atom is 0.511 e. The summed E-state index contributed by atoms with van der Waals surface area (Å²) in [4.78, 5) is 16.5. The number of nitrogens with one attached hydrogen (secondary N) is 1. The third-order valence-electron chi connectivity index (χ3n) is 6.04. The summed E-state index contributed by atoms with van der Waals surface area (Å²) in [6.07, 6.45) is 6.17. The van der Waals surface area contributed by atoms with Crippen LogP contribution < -0.4 is 4.74 Å². The number of hydrogen-bond donors (Lipinski definition) is 3. The average Bonchev–Trinajstić information content (AvgIpc) is 3.13. The lowest BCUT2D eigenvalue weighted by Crippen LogP contribution is -2.33. The number of H-pyrrole nitrogens is 1. The fraction of sp³-hybridized carbons (Fsp3) is 0.375. The number of aryl methyl sites for hydroxylation is 1. The maximum absolute atomic E-state index is 10.8. The highest BCUT2D eigenvalue weighted by Crippen LogP contribution is 2.30. The second-order valence-corrected chi connectivity index (χ2v) is 8.06. The van der Waals surface area contributed by atoms with Crippen LogP contribution in [0.2, 0.25) is 0 Å². The number of piperidine rings is 1. The van der Waals surface area contributed by atoms with E-state index in [-0.39, 0.29) is 0 Å². The number of phenolic OH excluding ortho intramolecular Hbond substituents is 1. The lowest BCUT2D eigenvalue weighted by atomic mass is 9.89. The fourth-order valence-electron chi connectivity index (χ4n) is 4.45.